The lowest BCUT2D eigenvalue weighted by Crippen LogP contribution is -2.23. The molecule has 2 amide bonds. The van der Waals surface area contributed by atoms with E-state index < -0.39 is 30.2 Å². The Labute approximate surface area is 163 Å². The van der Waals surface area contributed by atoms with Crippen molar-refractivity contribution >= 4 is 23.4 Å². The standard InChI is InChI=1S/C18H16ClF3N2O4/c1-27-14-7-11(6-13(19)16(14)28-9-15(23)25)17(26)24-8-10-2-4-12(5-3-10)18(20,21)22/h2-7H,8-9H2,1H3,(H2,23,25)(H,24,26). The van der Waals surface area contributed by atoms with Gasteiger partial charge in [-0.15, -0.1) is 0 Å². The Balaban J connectivity index is 2.09. The topological polar surface area (TPSA) is 90.7 Å². The molecule has 0 saturated carbocycles. The molecular weight excluding hydrogens is 401 g/mol. The first-order valence-electron chi connectivity index (χ1n) is 7.84. The Hall–Kier alpha value is -2.94. The predicted molar refractivity (Wildman–Crippen MR) is 95.3 cm³/mol. The van der Waals surface area contributed by atoms with E-state index in [4.69, 9.17) is 26.8 Å². The maximum absolute atomic E-state index is 12.6. The van der Waals surface area contributed by atoms with Gasteiger partial charge in [0.2, 0.25) is 0 Å². The smallest absolute Gasteiger partial charge is 0.416 e. The van der Waals surface area contributed by atoms with E-state index in [1.807, 2.05) is 0 Å². The molecule has 0 aliphatic heterocycles. The Bertz CT molecular complexity index is 870. The summed E-state index contributed by atoms with van der Waals surface area (Å²) in [5.41, 5.74) is 4.87. The summed E-state index contributed by atoms with van der Waals surface area (Å²) in [6.45, 7) is -0.410. The molecule has 0 radical (unpaired) electrons. The number of methoxy groups -OCH3 is 1. The number of carbonyl (C=O) groups is 2. The number of hydrogen-bond donors (Lipinski definition) is 2. The molecule has 0 aromatic heterocycles. The van der Waals surface area contributed by atoms with Crippen LogP contribution < -0.4 is 20.5 Å². The van der Waals surface area contributed by atoms with Crippen molar-refractivity contribution in [2.24, 2.45) is 5.73 Å². The maximum Gasteiger partial charge on any atom is 0.416 e. The highest BCUT2D eigenvalue weighted by atomic mass is 35.5. The van der Waals surface area contributed by atoms with Gasteiger partial charge in [-0.3, -0.25) is 9.59 Å². The average Bonchev–Trinajstić information content (AvgIpc) is 2.63. The van der Waals surface area contributed by atoms with Crippen molar-refractivity contribution in [1.29, 1.82) is 0 Å². The van der Waals surface area contributed by atoms with Crippen LogP contribution >= 0.6 is 11.6 Å². The second-order valence-corrected chi connectivity index (χ2v) is 6.03. The number of carbonyl (C=O) groups excluding carboxylic acids is 2. The van der Waals surface area contributed by atoms with Crippen molar-refractivity contribution in [2.45, 2.75) is 12.7 Å². The van der Waals surface area contributed by atoms with Crippen molar-refractivity contribution in [2.75, 3.05) is 13.7 Å². The Kier molecular flexibility index (Phi) is 6.74. The summed E-state index contributed by atoms with van der Waals surface area (Å²) < 4.78 is 48.0. The SMILES string of the molecule is COc1cc(C(=O)NCc2ccc(C(F)(F)F)cc2)cc(Cl)c1OCC(N)=O. The van der Waals surface area contributed by atoms with E-state index in [0.717, 1.165) is 12.1 Å². The number of primary amides is 1. The van der Waals surface area contributed by atoms with Gasteiger partial charge < -0.3 is 20.5 Å². The second-order valence-electron chi connectivity index (χ2n) is 5.62. The van der Waals surface area contributed by atoms with Crippen LogP contribution in [0.4, 0.5) is 13.2 Å². The Morgan fingerprint density at radius 1 is 1.18 bits per heavy atom. The van der Waals surface area contributed by atoms with Gasteiger partial charge in [0.05, 0.1) is 17.7 Å². The summed E-state index contributed by atoms with van der Waals surface area (Å²) in [4.78, 5) is 23.2. The van der Waals surface area contributed by atoms with Crippen LogP contribution in [0.15, 0.2) is 36.4 Å². The number of amides is 2. The van der Waals surface area contributed by atoms with Gasteiger partial charge in [-0.1, -0.05) is 23.7 Å². The second kappa shape index (κ2) is 8.83. The van der Waals surface area contributed by atoms with Gasteiger partial charge in [0.25, 0.3) is 11.8 Å². The molecular formula is C18H16ClF3N2O4. The van der Waals surface area contributed by atoms with Crippen molar-refractivity contribution in [1.82, 2.24) is 5.32 Å². The number of ether oxygens (including phenoxy) is 2. The lowest BCUT2D eigenvalue weighted by molar-refractivity contribution is -0.137. The van der Waals surface area contributed by atoms with Crippen LogP contribution in [0.5, 0.6) is 11.5 Å². The summed E-state index contributed by atoms with van der Waals surface area (Å²) >= 11 is 6.07. The fourth-order valence-corrected chi connectivity index (χ4v) is 2.50. The monoisotopic (exact) mass is 416 g/mol. The number of nitrogens with two attached hydrogens (primary N) is 1. The van der Waals surface area contributed by atoms with Crippen molar-refractivity contribution in [3.05, 3.63) is 58.1 Å². The van der Waals surface area contributed by atoms with Gasteiger partial charge >= 0.3 is 6.18 Å². The van der Waals surface area contributed by atoms with E-state index >= 15 is 0 Å². The largest absolute Gasteiger partial charge is 0.493 e. The van der Waals surface area contributed by atoms with Gasteiger partial charge in [-0.05, 0) is 29.8 Å². The number of nitrogens with one attached hydrogen (secondary N) is 1. The molecule has 0 heterocycles. The number of benzene rings is 2. The van der Waals surface area contributed by atoms with Crippen LogP contribution in [0.1, 0.15) is 21.5 Å². The van der Waals surface area contributed by atoms with E-state index in [1.54, 1.807) is 0 Å². The molecule has 0 aliphatic carbocycles. The molecule has 2 aromatic carbocycles. The van der Waals surface area contributed by atoms with Gasteiger partial charge in [0.15, 0.2) is 18.1 Å². The molecule has 0 fully saturated rings. The first-order valence-corrected chi connectivity index (χ1v) is 8.22. The van der Waals surface area contributed by atoms with E-state index in [-0.39, 0.29) is 28.6 Å². The third-order valence-corrected chi connectivity index (χ3v) is 3.87. The normalized spacial score (nSPS) is 11.0. The van der Waals surface area contributed by atoms with Crippen LogP contribution in [-0.4, -0.2) is 25.5 Å². The number of halogens is 4. The van der Waals surface area contributed by atoms with E-state index in [1.165, 1.54) is 31.4 Å². The quantitative estimate of drug-likeness (QED) is 0.725. The van der Waals surface area contributed by atoms with Crippen LogP contribution in [0, 0.1) is 0 Å². The molecule has 0 bridgehead atoms. The minimum Gasteiger partial charge on any atom is -0.493 e. The molecule has 0 unspecified atom stereocenters. The van der Waals surface area contributed by atoms with Crippen molar-refractivity contribution in [3.8, 4) is 11.5 Å². The predicted octanol–water partition coefficient (Wildman–Crippen LogP) is 3.16. The molecule has 0 atom stereocenters. The summed E-state index contributed by atoms with van der Waals surface area (Å²) in [6, 6.07) is 7.08. The molecule has 0 spiro atoms. The van der Waals surface area contributed by atoms with Crippen LogP contribution in [0.2, 0.25) is 5.02 Å². The number of rotatable bonds is 7. The highest BCUT2D eigenvalue weighted by Gasteiger charge is 2.29. The van der Waals surface area contributed by atoms with Gasteiger partial charge in [-0.25, -0.2) is 0 Å². The average molecular weight is 417 g/mol. The molecule has 28 heavy (non-hydrogen) atoms. The zero-order chi connectivity index (χ0) is 20.9. The van der Waals surface area contributed by atoms with Crippen LogP contribution in [0.3, 0.4) is 0 Å². The lowest BCUT2D eigenvalue weighted by atomic mass is 10.1. The molecule has 2 aromatic rings. The number of hydrogen-bond acceptors (Lipinski definition) is 4. The molecule has 3 N–H and O–H groups in total. The highest BCUT2D eigenvalue weighted by molar-refractivity contribution is 6.32. The molecule has 10 heteroatoms. The van der Waals surface area contributed by atoms with E-state index in [9.17, 15) is 22.8 Å². The van der Waals surface area contributed by atoms with Gasteiger partial charge in [-0.2, -0.15) is 13.2 Å². The summed E-state index contributed by atoms with van der Waals surface area (Å²) in [6.07, 6.45) is -4.42. The molecule has 150 valence electrons. The van der Waals surface area contributed by atoms with E-state index in [0.29, 0.717) is 5.56 Å². The van der Waals surface area contributed by atoms with Crippen LogP contribution in [-0.2, 0) is 17.5 Å². The van der Waals surface area contributed by atoms with Gasteiger partial charge in [0, 0.05) is 12.1 Å². The van der Waals surface area contributed by atoms with E-state index in [2.05, 4.69) is 5.32 Å². The van der Waals surface area contributed by atoms with Crippen LogP contribution in [0.25, 0.3) is 0 Å². The fraction of sp³-hybridized carbons (Fsp3) is 0.222. The zero-order valence-corrected chi connectivity index (χ0v) is 15.4. The highest BCUT2D eigenvalue weighted by Crippen LogP contribution is 2.36. The first-order chi connectivity index (χ1) is 13.1. The third kappa shape index (κ3) is 5.53. The minimum absolute atomic E-state index is 0.0107. The number of alkyl halides is 3. The van der Waals surface area contributed by atoms with Crippen molar-refractivity contribution < 1.29 is 32.2 Å². The molecule has 0 aliphatic rings. The zero-order valence-electron chi connectivity index (χ0n) is 14.6. The summed E-state index contributed by atoms with van der Waals surface area (Å²) in [5.74, 6) is -1.06. The Morgan fingerprint density at radius 3 is 2.36 bits per heavy atom. The maximum atomic E-state index is 12.6. The summed E-state index contributed by atoms with van der Waals surface area (Å²) in [5, 5.41) is 2.60. The van der Waals surface area contributed by atoms with Gasteiger partial charge in [0.1, 0.15) is 0 Å². The molecule has 6 nitrogen and oxygen atoms in total. The molecule has 2 rings (SSSR count). The molecule has 0 saturated heterocycles. The Morgan fingerprint density at radius 2 is 1.82 bits per heavy atom. The minimum atomic E-state index is -4.42. The van der Waals surface area contributed by atoms with Crippen molar-refractivity contribution in [3.63, 3.8) is 0 Å². The summed E-state index contributed by atoms with van der Waals surface area (Å²) in [7, 11) is 1.33. The third-order valence-electron chi connectivity index (χ3n) is 3.58. The fourth-order valence-electron chi connectivity index (χ4n) is 2.23. The lowest BCUT2D eigenvalue weighted by Gasteiger charge is -2.13. The first kappa shape index (κ1) is 21.4.